The zero-order valence-corrected chi connectivity index (χ0v) is 34.8. The number of carbonyl (C=O) groups excluding carboxylic acids is 4. The third-order valence-corrected chi connectivity index (χ3v) is 15.0. The maximum atomic E-state index is 14.9. The van der Waals surface area contributed by atoms with Crippen LogP contribution in [0.3, 0.4) is 0 Å². The number of hydrogen-bond acceptors (Lipinski definition) is 8. The van der Waals surface area contributed by atoms with Crippen LogP contribution in [0, 0.1) is 27.1 Å². The Bertz CT molecular complexity index is 1530. The molecule has 0 bridgehead atoms. The number of nitrogens with one attached hydrogen (secondary N) is 5. The topological polar surface area (TPSA) is 199 Å². The second-order valence-corrected chi connectivity index (χ2v) is 20.9. The summed E-state index contributed by atoms with van der Waals surface area (Å²) in [6.45, 7) is 19.0. The number of hydrogen-bond donors (Lipinski definition) is 6. The maximum Gasteiger partial charge on any atom is 0.315 e. The van der Waals surface area contributed by atoms with Gasteiger partial charge in [-0.05, 0) is 60.2 Å². The summed E-state index contributed by atoms with van der Waals surface area (Å²) in [5.74, 6) is -1.30. The monoisotopic (exact) mass is 781 g/mol. The summed E-state index contributed by atoms with van der Waals surface area (Å²) in [4.78, 5) is 57.5. The molecule has 15 nitrogen and oxygen atoms in total. The standard InChI is InChI=1S/C38H67N7O8S/c1-10-12-25(28(46)31(48)40-24-13-14-24)41-30(47)26-21-38(36(8,9)37(38)15-11-16-37)23-45(26)32(49)29(35(5,6)7)43-33(50)42-27(34(2,3)4)22-39-54(51,52)44-17-19-53-20-18-44/h24-29,39,46H,10-23H2,1-9H3,(H,40,48)(H,41,47)(H2,42,43,50)/t25?,26-,27-,28?,29?,38+/m0/s1. The van der Waals surface area contributed by atoms with E-state index in [9.17, 15) is 32.7 Å². The largest absolute Gasteiger partial charge is 0.381 e. The van der Waals surface area contributed by atoms with E-state index in [0.29, 0.717) is 39.0 Å². The van der Waals surface area contributed by atoms with E-state index in [1.807, 2.05) is 48.5 Å². The van der Waals surface area contributed by atoms with Crippen molar-refractivity contribution in [1.29, 1.82) is 0 Å². The van der Waals surface area contributed by atoms with E-state index in [1.54, 1.807) is 4.90 Å². The van der Waals surface area contributed by atoms with Crippen LogP contribution in [0.4, 0.5) is 4.79 Å². The quantitative estimate of drug-likeness (QED) is 0.154. The summed E-state index contributed by atoms with van der Waals surface area (Å²) < 4.78 is 35.3. The molecule has 5 amide bonds. The van der Waals surface area contributed by atoms with Crippen LogP contribution < -0.4 is 26.0 Å². The summed E-state index contributed by atoms with van der Waals surface area (Å²) in [5, 5.41) is 22.7. The van der Waals surface area contributed by atoms with Crippen LogP contribution in [0.2, 0.25) is 0 Å². The number of urea groups is 1. The van der Waals surface area contributed by atoms with Gasteiger partial charge in [0, 0.05) is 43.7 Å². The van der Waals surface area contributed by atoms with Gasteiger partial charge in [0.25, 0.3) is 16.1 Å². The molecule has 308 valence electrons. The van der Waals surface area contributed by atoms with Crippen LogP contribution in [-0.2, 0) is 29.3 Å². The molecular weight excluding hydrogens is 715 g/mol. The van der Waals surface area contributed by atoms with E-state index in [4.69, 9.17) is 4.74 Å². The number of ether oxygens (including phenoxy) is 1. The maximum absolute atomic E-state index is 14.9. The average Bonchev–Trinajstić information content (AvgIpc) is 3.89. The summed E-state index contributed by atoms with van der Waals surface area (Å²) in [6, 6.07) is -3.92. The summed E-state index contributed by atoms with van der Waals surface area (Å²) in [6.07, 6.45) is 4.94. The Morgan fingerprint density at radius 2 is 1.56 bits per heavy atom. The molecule has 5 rings (SSSR count). The fourth-order valence-corrected chi connectivity index (χ4v) is 10.6. The van der Waals surface area contributed by atoms with Crippen molar-refractivity contribution >= 4 is 34.0 Å². The molecule has 2 saturated heterocycles. The van der Waals surface area contributed by atoms with E-state index in [0.717, 1.165) is 32.1 Å². The Hall–Kier alpha value is -2.53. The Labute approximate surface area is 322 Å². The highest BCUT2D eigenvalue weighted by molar-refractivity contribution is 7.87. The van der Waals surface area contributed by atoms with Crippen molar-refractivity contribution < 1.29 is 37.4 Å². The van der Waals surface area contributed by atoms with Gasteiger partial charge in [0.05, 0.1) is 19.3 Å². The lowest BCUT2D eigenvalue weighted by Gasteiger charge is -2.37. The highest BCUT2D eigenvalue weighted by Crippen LogP contribution is 2.88. The number of fused-ring (bicyclic) bond motifs is 1. The minimum atomic E-state index is -3.81. The number of amides is 5. The fraction of sp³-hybridized carbons (Fsp3) is 0.895. The van der Waals surface area contributed by atoms with Crippen LogP contribution in [-0.4, -0.2) is 122 Å². The van der Waals surface area contributed by atoms with Crippen molar-refractivity contribution in [1.82, 2.24) is 35.2 Å². The number of rotatable bonds is 14. The molecule has 54 heavy (non-hydrogen) atoms. The molecule has 0 aromatic carbocycles. The van der Waals surface area contributed by atoms with Crippen molar-refractivity contribution in [2.24, 2.45) is 27.1 Å². The zero-order valence-electron chi connectivity index (χ0n) is 34.0. The van der Waals surface area contributed by atoms with Gasteiger partial charge in [0.2, 0.25) is 11.8 Å². The molecule has 2 aliphatic heterocycles. The van der Waals surface area contributed by atoms with Crippen molar-refractivity contribution in [2.75, 3.05) is 39.4 Å². The molecule has 5 aliphatic rings. The van der Waals surface area contributed by atoms with Gasteiger partial charge in [-0.15, -0.1) is 0 Å². The third-order valence-electron chi connectivity index (χ3n) is 13.4. The first-order valence-electron chi connectivity index (χ1n) is 20.0. The second-order valence-electron chi connectivity index (χ2n) is 19.2. The lowest BCUT2D eigenvalue weighted by molar-refractivity contribution is -0.143. The van der Waals surface area contributed by atoms with Gasteiger partial charge < -0.3 is 36.0 Å². The highest BCUT2D eigenvalue weighted by Gasteiger charge is 2.85. The van der Waals surface area contributed by atoms with E-state index in [2.05, 4.69) is 39.8 Å². The summed E-state index contributed by atoms with van der Waals surface area (Å²) in [7, 11) is -3.81. The predicted octanol–water partition coefficient (Wildman–Crippen LogP) is 2.00. The molecule has 0 radical (unpaired) electrons. The van der Waals surface area contributed by atoms with E-state index in [1.165, 1.54) is 4.31 Å². The van der Waals surface area contributed by atoms with Crippen LogP contribution in [0.5, 0.6) is 0 Å². The van der Waals surface area contributed by atoms with Crippen molar-refractivity contribution in [3.05, 3.63) is 0 Å². The molecule has 16 heteroatoms. The minimum absolute atomic E-state index is 0.0244. The minimum Gasteiger partial charge on any atom is -0.381 e. The molecule has 3 aliphatic carbocycles. The molecule has 6 atom stereocenters. The van der Waals surface area contributed by atoms with Gasteiger partial charge in [0.1, 0.15) is 12.1 Å². The number of nitrogens with zero attached hydrogens (tertiary/aromatic N) is 2. The van der Waals surface area contributed by atoms with Crippen molar-refractivity contribution in [3.8, 4) is 0 Å². The number of aliphatic hydroxyl groups is 1. The van der Waals surface area contributed by atoms with Gasteiger partial charge in [-0.1, -0.05) is 75.2 Å². The Kier molecular flexibility index (Phi) is 12.2. The van der Waals surface area contributed by atoms with E-state index in [-0.39, 0.29) is 47.8 Å². The first kappa shape index (κ1) is 42.6. The Morgan fingerprint density at radius 3 is 2.06 bits per heavy atom. The number of likely N-dealkylation sites (tertiary alicyclic amines) is 1. The fourth-order valence-electron chi connectivity index (χ4n) is 9.45. The predicted molar refractivity (Wildman–Crippen MR) is 204 cm³/mol. The highest BCUT2D eigenvalue weighted by atomic mass is 32.2. The molecule has 2 spiro atoms. The van der Waals surface area contributed by atoms with Gasteiger partial charge in [-0.2, -0.15) is 12.7 Å². The third kappa shape index (κ3) is 8.28. The molecule has 6 N–H and O–H groups in total. The average molecular weight is 782 g/mol. The zero-order chi connectivity index (χ0) is 40.1. The first-order chi connectivity index (χ1) is 25.0. The van der Waals surface area contributed by atoms with Crippen LogP contribution in [0.15, 0.2) is 0 Å². The Morgan fingerprint density at radius 1 is 0.926 bits per heavy atom. The van der Waals surface area contributed by atoms with Crippen LogP contribution in [0.25, 0.3) is 0 Å². The van der Waals surface area contributed by atoms with Gasteiger partial charge in [0.15, 0.2) is 6.10 Å². The van der Waals surface area contributed by atoms with Crippen molar-refractivity contribution in [2.45, 2.75) is 150 Å². The lowest BCUT2D eigenvalue weighted by atomic mass is 9.73. The van der Waals surface area contributed by atoms with Crippen LogP contribution in [0.1, 0.15) is 114 Å². The smallest absolute Gasteiger partial charge is 0.315 e. The molecule has 0 aromatic rings. The number of carbonyl (C=O) groups is 4. The normalized spacial score (nSPS) is 27.4. The summed E-state index contributed by atoms with van der Waals surface area (Å²) >= 11 is 0. The van der Waals surface area contributed by atoms with Gasteiger partial charge in [-0.3, -0.25) is 14.4 Å². The van der Waals surface area contributed by atoms with Gasteiger partial charge >= 0.3 is 6.03 Å². The molecule has 2 heterocycles. The SMILES string of the molecule is CCCC(NC(=O)[C@@H]1C[C@@]2(CN1C(=O)C(NC(=O)N[C@@H](CNS(=O)(=O)N1CCOCC1)C(C)(C)C)C(C)(C)C)C(C)(C)C21CCC1)C(O)C(=O)NC1CC1. The molecule has 3 saturated carbocycles. The molecule has 3 unspecified atom stereocenters. The van der Waals surface area contributed by atoms with E-state index < -0.39 is 69.2 Å². The summed E-state index contributed by atoms with van der Waals surface area (Å²) in [5.41, 5.74) is -1.68. The molecular formula is C38H67N7O8S. The van der Waals surface area contributed by atoms with Gasteiger partial charge in [-0.25, -0.2) is 9.52 Å². The number of morpholine rings is 1. The van der Waals surface area contributed by atoms with Crippen LogP contribution >= 0.6 is 0 Å². The lowest BCUT2D eigenvalue weighted by Crippen LogP contribution is -2.62. The second kappa shape index (κ2) is 15.4. The first-order valence-corrected chi connectivity index (χ1v) is 21.4. The molecule has 5 fully saturated rings. The number of aliphatic hydroxyl groups excluding tert-OH is 1. The Balaban J connectivity index is 1.35. The van der Waals surface area contributed by atoms with Crippen molar-refractivity contribution in [3.63, 3.8) is 0 Å². The molecule has 0 aromatic heterocycles. The van der Waals surface area contributed by atoms with E-state index >= 15 is 0 Å².